The summed E-state index contributed by atoms with van der Waals surface area (Å²) in [5, 5.41) is 0. The van der Waals surface area contributed by atoms with E-state index in [4.69, 9.17) is 0 Å². The van der Waals surface area contributed by atoms with E-state index in [2.05, 4.69) is 47.8 Å². The van der Waals surface area contributed by atoms with Crippen molar-refractivity contribution < 1.29 is 4.79 Å². The predicted octanol–water partition coefficient (Wildman–Crippen LogP) is 4.08. The van der Waals surface area contributed by atoms with Crippen molar-refractivity contribution in [2.24, 2.45) is 0 Å². The van der Waals surface area contributed by atoms with Crippen LogP contribution in [0.25, 0.3) is 0 Å². The Bertz CT molecular complexity index is 663. The molecule has 0 aliphatic heterocycles. The van der Waals surface area contributed by atoms with Gasteiger partial charge in [-0.1, -0.05) is 0 Å². The summed E-state index contributed by atoms with van der Waals surface area (Å²) in [7, 11) is 0. The van der Waals surface area contributed by atoms with Gasteiger partial charge in [-0.25, -0.2) is 0 Å². The van der Waals surface area contributed by atoms with Gasteiger partial charge >= 0.3 is 0 Å². The van der Waals surface area contributed by atoms with Crippen LogP contribution in [0.2, 0.25) is 0 Å². The molecule has 2 rings (SSSR count). The second kappa shape index (κ2) is 5.81. The summed E-state index contributed by atoms with van der Waals surface area (Å²) in [4.78, 5) is 24.5. The lowest BCUT2D eigenvalue weighted by Gasteiger charge is -2.05. The standard InChI is InChI=1S/C11H6Br3NO2S/c12-6-3-7(13)11(17)15(4-6)5-8(16)9-1-2-10(14)18-9/h1-4H,5H2. The van der Waals surface area contributed by atoms with Gasteiger partial charge in [0.2, 0.25) is 0 Å². The highest BCUT2D eigenvalue weighted by molar-refractivity contribution is 9.11. The minimum atomic E-state index is -0.220. The zero-order chi connectivity index (χ0) is 13.3. The first-order valence-electron chi connectivity index (χ1n) is 4.81. The Morgan fingerprint density at radius 3 is 2.61 bits per heavy atom. The molecule has 0 amide bonds. The number of pyridine rings is 1. The van der Waals surface area contributed by atoms with Crippen LogP contribution in [0.3, 0.4) is 0 Å². The van der Waals surface area contributed by atoms with Crippen molar-refractivity contribution in [2.75, 3.05) is 0 Å². The van der Waals surface area contributed by atoms with Crippen LogP contribution < -0.4 is 5.56 Å². The monoisotopic (exact) mass is 453 g/mol. The third-order valence-electron chi connectivity index (χ3n) is 2.17. The van der Waals surface area contributed by atoms with Gasteiger partial charge in [-0.3, -0.25) is 9.59 Å². The first-order chi connectivity index (χ1) is 8.47. The van der Waals surface area contributed by atoms with Crippen LogP contribution in [0, 0.1) is 0 Å². The third kappa shape index (κ3) is 3.20. The maximum absolute atomic E-state index is 12.0. The second-order valence-corrected chi connectivity index (χ2v) is 7.70. The lowest BCUT2D eigenvalue weighted by atomic mass is 10.3. The Morgan fingerprint density at radius 2 is 2.00 bits per heavy atom. The van der Waals surface area contributed by atoms with E-state index in [1.165, 1.54) is 15.9 Å². The molecule has 0 atom stereocenters. The summed E-state index contributed by atoms with van der Waals surface area (Å²) in [6.07, 6.45) is 1.60. The average Bonchev–Trinajstić information content (AvgIpc) is 2.72. The molecule has 0 bridgehead atoms. The summed E-state index contributed by atoms with van der Waals surface area (Å²) in [5.41, 5.74) is -0.220. The number of thiophene rings is 1. The Labute approximate surface area is 132 Å². The molecule has 2 aromatic rings. The molecule has 0 aliphatic carbocycles. The van der Waals surface area contributed by atoms with Gasteiger partial charge in [0.15, 0.2) is 5.78 Å². The van der Waals surface area contributed by atoms with E-state index in [-0.39, 0.29) is 17.9 Å². The summed E-state index contributed by atoms with van der Waals surface area (Å²) in [5.74, 6) is -0.0854. The topological polar surface area (TPSA) is 39.1 Å². The number of nitrogens with zero attached hydrogens (tertiary/aromatic N) is 1. The van der Waals surface area contributed by atoms with Gasteiger partial charge in [-0.2, -0.15) is 0 Å². The molecule has 0 fully saturated rings. The molecule has 0 spiro atoms. The van der Waals surface area contributed by atoms with Crippen molar-refractivity contribution in [3.05, 3.63) is 52.4 Å². The van der Waals surface area contributed by atoms with Crippen molar-refractivity contribution in [2.45, 2.75) is 6.54 Å². The summed E-state index contributed by atoms with van der Waals surface area (Å²) in [6.45, 7) is 0.0316. The zero-order valence-electron chi connectivity index (χ0n) is 8.82. The first kappa shape index (κ1) is 14.2. The molecule has 3 nitrogen and oxygen atoms in total. The first-order valence-corrected chi connectivity index (χ1v) is 8.01. The van der Waals surface area contributed by atoms with Crippen LogP contribution in [0.5, 0.6) is 0 Å². The molecule has 0 radical (unpaired) electrons. The van der Waals surface area contributed by atoms with Crippen LogP contribution in [0.4, 0.5) is 0 Å². The SMILES string of the molecule is O=C(Cn1cc(Br)cc(Br)c1=O)c1ccc(Br)s1. The number of hydrogen-bond acceptors (Lipinski definition) is 3. The highest BCUT2D eigenvalue weighted by Gasteiger charge is 2.12. The van der Waals surface area contributed by atoms with Crippen LogP contribution >= 0.6 is 59.1 Å². The molecule has 0 unspecified atom stereocenters. The van der Waals surface area contributed by atoms with Gasteiger partial charge in [-0.15, -0.1) is 11.3 Å². The molecule has 0 aliphatic rings. The molecule has 7 heteroatoms. The number of carbonyl (C=O) groups excluding carboxylic acids is 1. The van der Waals surface area contributed by atoms with Crippen molar-refractivity contribution in [3.8, 4) is 0 Å². The van der Waals surface area contributed by atoms with Crippen LogP contribution in [0.1, 0.15) is 9.67 Å². The summed E-state index contributed by atoms with van der Waals surface area (Å²) < 4.78 is 3.45. The van der Waals surface area contributed by atoms with Gasteiger partial charge in [0.25, 0.3) is 5.56 Å². The molecule has 2 heterocycles. The number of Topliss-reactive ketones (excluding diaryl/α,β-unsaturated/α-hetero) is 1. The second-order valence-electron chi connectivity index (χ2n) is 3.47. The van der Waals surface area contributed by atoms with Crippen LogP contribution in [-0.4, -0.2) is 10.4 Å². The average molecular weight is 456 g/mol. The molecule has 0 saturated heterocycles. The van der Waals surface area contributed by atoms with Gasteiger partial charge in [0.05, 0.1) is 19.7 Å². The number of halogens is 3. The Kier molecular flexibility index (Phi) is 4.58. The maximum atomic E-state index is 12.0. The predicted molar refractivity (Wildman–Crippen MR) is 82.5 cm³/mol. The van der Waals surface area contributed by atoms with Crippen LogP contribution in [0.15, 0.2) is 41.9 Å². The lowest BCUT2D eigenvalue weighted by Crippen LogP contribution is -2.24. The molecule has 94 valence electrons. The van der Waals surface area contributed by atoms with E-state index in [0.717, 1.165) is 8.26 Å². The van der Waals surface area contributed by atoms with E-state index >= 15 is 0 Å². The summed E-state index contributed by atoms with van der Waals surface area (Å²) >= 11 is 11.1. The molecule has 2 aromatic heterocycles. The van der Waals surface area contributed by atoms with E-state index in [9.17, 15) is 9.59 Å². The minimum Gasteiger partial charge on any atom is -0.306 e. The van der Waals surface area contributed by atoms with Gasteiger partial charge < -0.3 is 4.57 Å². The highest BCUT2D eigenvalue weighted by atomic mass is 79.9. The number of hydrogen-bond donors (Lipinski definition) is 0. The quantitative estimate of drug-likeness (QED) is 0.654. The maximum Gasteiger partial charge on any atom is 0.265 e. The number of rotatable bonds is 3. The normalized spacial score (nSPS) is 10.6. The van der Waals surface area contributed by atoms with E-state index in [0.29, 0.717) is 9.35 Å². The fourth-order valence-corrected chi connectivity index (χ4v) is 3.95. The van der Waals surface area contributed by atoms with Crippen LogP contribution in [-0.2, 0) is 6.54 Å². The van der Waals surface area contributed by atoms with E-state index in [1.54, 1.807) is 18.3 Å². The zero-order valence-corrected chi connectivity index (χ0v) is 14.4. The van der Waals surface area contributed by atoms with Crippen molar-refractivity contribution in [3.63, 3.8) is 0 Å². The minimum absolute atomic E-state index is 0.0316. The fourth-order valence-electron chi connectivity index (χ4n) is 1.38. The lowest BCUT2D eigenvalue weighted by molar-refractivity contribution is 0.0974. The van der Waals surface area contributed by atoms with Gasteiger partial charge in [0, 0.05) is 10.7 Å². The van der Waals surface area contributed by atoms with Crippen molar-refractivity contribution in [1.82, 2.24) is 4.57 Å². The van der Waals surface area contributed by atoms with E-state index < -0.39 is 0 Å². The molecule has 0 N–H and O–H groups in total. The number of ketones is 1. The molecular formula is C11H6Br3NO2S. The van der Waals surface area contributed by atoms with Crippen molar-refractivity contribution in [1.29, 1.82) is 0 Å². The van der Waals surface area contributed by atoms with Crippen molar-refractivity contribution >= 4 is 64.9 Å². The van der Waals surface area contributed by atoms with Gasteiger partial charge in [0.1, 0.15) is 0 Å². The largest absolute Gasteiger partial charge is 0.306 e. The highest BCUT2D eigenvalue weighted by Crippen LogP contribution is 2.23. The summed E-state index contributed by atoms with van der Waals surface area (Å²) in [6, 6.07) is 5.22. The molecule has 18 heavy (non-hydrogen) atoms. The van der Waals surface area contributed by atoms with Gasteiger partial charge in [-0.05, 0) is 66.0 Å². The fraction of sp³-hybridized carbons (Fsp3) is 0.0909. The Hall–Kier alpha value is -0.240. The number of aromatic nitrogens is 1. The Balaban J connectivity index is 2.30. The molecule has 0 saturated carbocycles. The molecular weight excluding hydrogens is 450 g/mol. The third-order valence-corrected chi connectivity index (χ3v) is 4.84. The van der Waals surface area contributed by atoms with E-state index in [1.807, 2.05) is 6.07 Å². The molecule has 0 aromatic carbocycles. The smallest absolute Gasteiger partial charge is 0.265 e. The number of carbonyl (C=O) groups is 1. The Morgan fingerprint density at radius 1 is 1.28 bits per heavy atom.